The summed E-state index contributed by atoms with van der Waals surface area (Å²) in [5.74, 6) is 0.360. The summed E-state index contributed by atoms with van der Waals surface area (Å²) in [4.78, 5) is 27.2. The van der Waals surface area contributed by atoms with Crippen molar-refractivity contribution in [3.63, 3.8) is 0 Å². The summed E-state index contributed by atoms with van der Waals surface area (Å²) in [6.45, 7) is 0.367. The molecule has 5 nitrogen and oxygen atoms in total. The standard InChI is InChI=1S/C12H11ClN2O3S/c13-8-1-3-9(4-2-8)15-11(16)10-7-19(18)6-5-14(10)12(15)17/h1-4,10H,5-7H2. The number of hydrogen-bond donors (Lipinski definition) is 0. The highest BCUT2D eigenvalue weighted by atomic mass is 35.5. The number of carbonyl (C=O) groups is 2. The fraction of sp³-hybridized carbons (Fsp3) is 0.333. The van der Waals surface area contributed by atoms with Gasteiger partial charge < -0.3 is 9.45 Å². The van der Waals surface area contributed by atoms with E-state index in [1.165, 1.54) is 4.90 Å². The van der Waals surface area contributed by atoms with E-state index in [0.29, 0.717) is 23.0 Å². The summed E-state index contributed by atoms with van der Waals surface area (Å²) in [5, 5.41) is 0.543. The van der Waals surface area contributed by atoms with Gasteiger partial charge in [-0.25, -0.2) is 9.69 Å². The molecule has 2 unspecified atom stereocenters. The van der Waals surface area contributed by atoms with Gasteiger partial charge in [-0.05, 0) is 35.4 Å². The summed E-state index contributed by atoms with van der Waals surface area (Å²) < 4.78 is 11.5. The molecular weight excluding hydrogens is 288 g/mol. The van der Waals surface area contributed by atoms with Crippen LogP contribution in [0.15, 0.2) is 24.3 Å². The van der Waals surface area contributed by atoms with E-state index in [2.05, 4.69) is 0 Å². The van der Waals surface area contributed by atoms with Crippen molar-refractivity contribution in [2.45, 2.75) is 6.04 Å². The van der Waals surface area contributed by atoms with Crippen LogP contribution in [0.3, 0.4) is 0 Å². The van der Waals surface area contributed by atoms with Crippen LogP contribution in [0.2, 0.25) is 5.02 Å². The van der Waals surface area contributed by atoms with Crippen molar-refractivity contribution < 1.29 is 14.1 Å². The van der Waals surface area contributed by atoms with Gasteiger partial charge in [0.25, 0.3) is 5.91 Å². The second-order valence-corrected chi connectivity index (χ2v) is 6.51. The predicted octanol–water partition coefficient (Wildman–Crippen LogP) is 1.24. The monoisotopic (exact) mass is 298 g/mol. The normalized spacial score (nSPS) is 26.8. The van der Waals surface area contributed by atoms with Crippen LogP contribution in [0.4, 0.5) is 10.5 Å². The van der Waals surface area contributed by atoms with E-state index in [0.717, 1.165) is 4.90 Å². The lowest BCUT2D eigenvalue weighted by Gasteiger charge is -2.27. The van der Waals surface area contributed by atoms with Gasteiger partial charge in [0.1, 0.15) is 11.5 Å². The number of nitrogens with zero attached hydrogens (tertiary/aromatic N) is 2. The lowest BCUT2D eigenvalue weighted by molar-refractivity contribution is -0.119. The number of carbonyl (C=O) groups excluding carboxylic acids is 2. The number of halogens is 1. The fourth-order valence-corrected chi connectivity index (χ4v) is 3.71. The molecule has 0 spiro atoms. The third kappa shape index (κ3) is 2.09. The van der Waals surface area contributed by atoms with Gasteiger partial charge in [0.15, 0.2) is 6.04 Å². The number of rotatable bonds is 1. The maximum absolute atomic E-state index is 12.3. The molecule has 0 radical (unpaired) electrons. The number of benzene rings is 1. The molecule has 2 aliphatic rings. The van der Waals surface area contributed by atoms with Gasteiger partial charge >= 0.3 is 6.03 Å². The Balaban J connectivity index is 1.93. The van der Waals surface area contributed by atoms with Crippen LogP contribution in [0.5, 0.6) is 0 Å². The van der Waals surface area contributed by atoms with Gasteiger partial charge in [0.2, 0.25) is 0 Å². The minimum absolute atomic E-state index is 0.231. The maximum Gasteiger partial charge on any atom is 0.332 e. The van der Waals surface area contributed by atoms with Crippen LogP contribution in [0.1, 0.15) is 0 Å². The van der Waals surface area contributed by atoms with Crippen molar-refractivity contribution in [2.75, 3.05) is 23.0 Å². The van der Waals surface area contributed by atoms with E-state index in [1.54, 1.807) is 24.3 Å². The van der Waals surface area contributed by atoms with Crippen LogP contribution in [0.25, 0.3) is 0 Å². The molecular formula is C12H11ClN2O3S. The Kier molecular flexibility index (Phi) is 3.16. The second kappa shape index (κ2) is 4.70. The first kappa shape index (κ1) is 12.8. The van der Waals surface area contributed by atoms with Crippen molar-refractivity contribution in [2.24, 2.45) is 0 Å². The van der Waals surface area contributed by atoms with Gasteiger partial charge in [-0.1, -0.05) is 11.6 Å². The topological polar surface area (TPSA) is 63.7 Å². The van der Waals surface area contributed by atoms with Crippen LogP contribution < -0.4 is 4.90 Å². The molecule has 2 fully saturated rings. The number of fused-ring (bicyclic) bond motifs is 1. The minimum atomic E-state index is -1.02. The molecule has 7 heteroatoms. The lowest BCUT2D eigenvalue weighted by Crippen LogP contribution is -2.48. The quantitative estimate of drug-likeness (QED) is 0.579. The van der Waals surface area contributed by atoms with Crippen LogP contribution in [0, 0.1) is 0 Å². The molecule has 1 aromatic carbocycles. The van der Waals surface area contributed by atoms with Crippen molar-refractivity contribution in [1.82, 2.24) is 4.90 Å². The lowest BCUT2D eigenvalue weighted by atomic mass is 10.2. The molecule has 2 aliphatic heterocycles. The number of hydrogen-bond acceptors (Lipinski definition) is 3. The first-order chi connectivity index (χ1) is 9.08. The maximum atomic E-state index is 12.3. The van der Waals surface area contributed by atoms with Crippen LogP contribution in [-0.2, 0) is 16.0 Å². The Hall–Kier alpha value is -1.24. The van der Waals surface area contributed by atoms with Gasteiger partial charge in [0.05, 0.1) is 12.2 Å². The predicted molar refractivity (Wildman–Crippen MR) is 72.7 cm³/mol. The molecule has 2 saturated heterocycles. The second-order valence-electron chi connectivity index (χ2n) is 4.45. The molecule has 2 heterocycles. The molecule has 2 atom stereocenters. The minimum Gasteiger partial charge on any atom is -0.616 e. The SMILES string of the molecule is O=C1C2C[S+]([O-])CCN2C(=O)N1c1ccc(Cl)cc1. The number of urea groups is 1. The zero-order valence-corrected chi connectivity index (χ0v) is 11.5. The highest BCUT2D eigenvalue weighted by Crippen LogP contribution is 2.28. The van der Waals surface area contributed by atoms with E-state index < -0.39 is 17.2 Å². The fourth-order valence-electron chi connectivity index (χ4n) is 2.34. The summed E-state index contributed by atoms with van der Waals surface area (Å²) in [6.07, 6.45) is 0. The molecule has 0 saturated carbocycles. The molecule has 0 bridgehead atoms. The summed E-state index contributed by atoms with van der Waals surface area (Å²) in [6, 6.07) is 5.60. The number of amides is 3. The highest BCUT2D eigenvalue weighted by molar-refractivity contribution is 7.91. The van der Waals surface area contributed by atoms with E-state index in [-0.39, 0.29) is 17.7 Å². The Labute approximate surface area is 118 Å². The molecule has 0 aromatic heterocycles. The summed E-state index contributed by atoms with van der Waals surface area (Å²) in [5.41, 5.74) is 0.500. The number of anilines is 1. The molecule has 0 aliphatic carbocycles. The average molecular weight is 299 g/mol. The van der Waals surface area contributed by atoms with Gasteiger partial charge in [-0.2, -0.15) is 0 Å². The Bertz CT molecular complexity index is 536. The van der Waals surface area contributed by atoms with E-state index in [9.17, 15) is 14.1 Å². The van der Waals surface area contributed by atoms with Crippen molar-refractivity contribution in [3.05, 3.63) is 29.3 Å². The van der Waals surface area contributed by atoms with Gasteiger partial charge in [-0.3, -0.25) is 4.79 Å². The first-order valence-corrected chi connectivity index (χ1v) is 7.69. The zero-order valence-electron chi connectivity index (χ0n) is 9.91. The smallest absolute Gasteiger partial charge is 0.332 e. The zero-order chi connectivity index (χ0) is 13.6. The summed E-state index contributed by atoms with van der Waals surface area (Å²) >= 11 is 4.77. The molecule has 0 N–H and O–H groups in total. The Morgan fingerprint density at radius 1 is 1.26 bits per heavy atom. The van der Waals surface area contributed by atoms with Gasteiger partial charge in [-0.15, -0.1) is 0 Å². The van der Waals surface area contributed by atoms with E-state index >= 15 is 0 Å². The first-order valence-electron chi connectivity index (χ1n) is 5.83. The Morgan fingerprint density at radius 2 is 1.95 bits per heavy atom. The third-order valence-corrected chi connectivity index (χ3v) is 4.88. The third-order valence-electron chi connectivity index (χ3n) is 3.31. The Morgan fingerprint density at radius 3 is 2.63 bits per heavy atom. The molecule has 19 heavy (non-hydrogen) atoms. The van der Waals surface area contributed by atoms with Crippen molar-refractivity contribution in [1.29, 1.82) is 0 Å². The van der Waals surface area contributed by atoms with E-state index in [1.807, 2.05) is 0 Å². The molecule has 1 aromatic rings. The van der Waals surface area contributed by atoms with E-state index in [4.69, 9.17) is 11.6 Å². The molecule has 100 valence electrons. The van der Waals surface area contributed by atoms with Crippen LogP contribution in [-0.4, -0.2) is 45.5 Å². The molecule has 3 amide bonds. The number of imide groups is 1. The molecule has 3 rings (SSSR count). The largest absolute Gasteiger partial charge is 0.616 e. The van der Waals surface area contributed by atoms with Gasteiger partial charge in [0, 0.05) is 5.02 Å². The average Bonchev–Trinajstić information content (AvgIpc) is 2.63. The van der Waals surface area contributed by atoms with Crippen LogP contribution >= 0.6 is 11.6 Å². The van der Waals surface area contributed by atoms with Crippen molar-refractivity contribution >= 4 is 40.4 Å². The van der Waals surface area contributed by atoms with Crippen molar-refractivity contribution in [3.8, 4) is 0 Å². The highest BCUT2D eigenvalue weighted by Gasteiger charge is 2.50. The summed E-state index contributed by atoms with van der Waals surface area (Å²) in [7, 11) is 0.